The molecule has 2 atom stereocenters. The lowest BCUT2D eigenvalue weighted by Gasteiger charge is -2.47. The molecule has 2 aromatic rings. The van der Waals surface area contributed by atoms with Crippen LogP contribution in [0.2, 0.25) is 0 Å². The summed E-state index contributed by atoms with van der Waals surface area (Å²) in [5.74, 6) is 6.81. The molecule has 0 spiro atoms. The molecule has 2 aromatic carbocycles. The van der Waals surface area contributed by atoms with Gasteiger partial charge in [0.25, 0.3) is 0 Å². The van der Waals surface area contributed by atoms with Crippen molar-refractivity contribution in [2.24, 2.45) is 5.92 Å². The molecule has 0 saturated carbocycles. The highest BCUT2D eigenvalue weighted by Crippen LogP contribution is 2.35. The first kappa shape index (κ1) is 22.4. The zero-order chi connectivity index (χ0) is 22.6. The molecule has 168 valence electrons. The van der Waals surface area contributed by atoms with Gasteiger partial charge >= 0.3 is 5.97 Å². The van der Waals surface area contributed by atoms with Crippen LogP contribution in [0.3, 0.4) is 0 Å². The van der Waals surface area contributed by atoms with E-state index in [2.05, 4.69) is 16.7 Å². The summed E-state index contributed by atoms with van der Waals surface area (Å²) >= 11 is 0. The van der Waals surface area contributed by atoms with Crippen LogP contribution in [0.15, 0.2) is 48.5 Å². The Kier molecular flexibility index (Phi) is 6.83. The van der Waals surface area contributed by atoms with Crippen LogP contribution in [0.1, 0.15) is 49.3 Å². The molecule has 3 aliphatic heterocycles. The smallest absolute Gasteiger partial charge is 0.313 e. The third-order valence-electron chi connectivity index (χ3n) is 6.55. The summed E-state index contributed by atoms with van der Waals surface area (Å²) in [5.41, 5.74) is 1.60. The third-order valence-corrected chi connectivity index (χ3v) is 6.55. The predicted molar refractivity (Wildman–Crippen MR) is 123 cm³/mol. The first-order valence-electron chi connectivity index (χ1n) is 11.4. The molecular formula is C27H31NO4. The zero-order valence-corrected chi connectivity index (χ0v) is 18.8. The summed E-state index contributed by atoms with van der Waals surface area (Å²) in [6.07, 6.45) is 1.98. The Bertz CT molecular complexity index is 1000. The molecule has 3 aliphatic rings. The molecule has 3 saturated heterocycles. The van der Waals surface area contributed by atoms with Gasteiger partial charge in [-0.15, -0.1) is 0 Å². The Morgan fingerprint density at radius 1 is 1.22 bits per heavy atom. The van der Waals surface area contributed by atoms with E-state index in [4.69, 9.17) is 9.47 Å². The minimum atomic E-state index is -0.967. The van der Waals surface area contributed by atoms with Gasteiger partial charge in [0.1, 0.15) is 18.0 Å². The molecule has 5 rings (SSSR count). The summed E-state index contributed by atoms with van der Waals surface area (Å²) in [7, 11) is 0. The molecule has 3 fully saturated rings. The van der Waals surface area contributed by atoms with Crippen molar-refractivity contribution in [3.8, 4) is 17.6 Å². The van der Waals surface area contributed by atoms with Crippen molar-refractivity contribution >= 4 is 5.97 Å². The molecule has 0 aromatic heterocycles. The number of carbonyl (C=O) groups is 1. The summed E-state index contributed by atoms with van der Waals surface area (Å²) in [5, 5.41) is 11.2. The van der Waals surface area contributed by atoms with E-state index in [-0.39, 0.29) is 17.8 Å². The minimum Gasteiger partial charge on any atom is -0.489 e. The van der Waals surface area contributed by atoms with Crippen LogP contribution in [-0.4, -0.2) is 47.8 Å². The summed E-state index contributed by atoms with van der Waals surface area (Å²) in [6.45, 7) is 7.03. The maximum absolute atomic E-state index is 12.2. The molecule has 5 nitrogen and oxygen atoms in total. The van der Waals surface area contributed by atoms with Crippen molar-refractivity contribution in [3.05, 3.63) is 65.2 Å². The molecule has 3 heterocycles. The fraction of sp³-hybridized carbons (Fsp3) is 0.444. The fourth-order valence-electron chi connectivity index (χ4n) is 4.56. The number of hydrogen-bond acceptors (Lipinski definition) is 5. The lowest BCUT2D eigenvalue weighted by molar-refractivity contribution is -0.144. The Hall–Kier alpha value is -2.81. The van der Waals surface area contributed by atoms with Crippen molar-refractivity contribution in [3.63, 3.8) is 0 Å². The largest absolute Gasteiger partial charge is 0.489 e. The number of carbonyl (C=O) groups excluding carboxylic acids is 1. The van der Waals surface area contributed by atoms with Crippen molar-refractivity contribution in [1.29, 1.82) is 0 Å². The van der Waals surface area contributed by atoms with E-state index in [1.54, 1.807) is 0 Å². The number of ether oxygens (including phenoxy) is 2. The van der Waals surface area contributed by atoms with Gasteiger partial charge in [0.2, 0.25) is 0 Å². The Morgan fingerprint density at radius 2 is 1.97 bits per heavy atom. The lowest BCUT2D eigenvalue weighted by Crippen LogP contribution is -2.58. The number of aliphatic hydroxyl groups is 1. The monoisotopic (exact) mass is 433 g/mol. The number of fused-ring (bicyclic) bond motifs is 3. The van der Waals surface area contributed by atoms with Gasteiger partial charge in [-0.3, -0.25) is 9.69 Å². The minimum absolute atomic E-state index is 0.229. The number of para-hydroxylation sites is 1. The van der Waals surface area contributed by atoms with E-state index < -0.39 is 5.60 Å². The number of nitrogens with zero attached hydrogens (tertiary/aromatic N) is 1. The molecular weight excluding hydrogens is 402 g/mol. The lowest BCUT2D eigenvalue weighted by atomic mass is 9.75. The van der Waals surface area contributed by atoms with Crippen LogP contribution in [0.5, 0.6) is 5.75 Å². The molecule has 0 aliphatic carbocycles. The van der Waals surface area contributed by atoms with Crippen molar-refractivity contribution in [2.45, 2.75) is 44.8 Å². The second kappa shape index (κ2) is 9.77. The molecule has 2 bridgehead atoms. The summed E-state index contributed by atoms with van der Waals surface area (Å²) in [6, 6.07) is 15.4. The zero-order valence-electron chi connectivity index (χ0n) is 18.8. The number of hydrogen-bond donors (Lipinski definition) is 1. The SMILES string of the molecule is CCOC(=O)C(C)c1ccc(C#CC2(O)CN3CCC2CC3)c(COc2ccccc2)c1. The van der Waals surface area contributed by atoms with E-state index in [0.29, 0.717) is 19.8 Å². The summed E-state index contributed by atoms with van der Waals surface area (Å²) in [4.78, 5) is 14.5. The Morgan fingerprint density at radius 3 is 2.62 bits per heavy atom. The second-order valence-corrected chi connectivity index (χ2v) is 8.72. The standard InChI is InChI=1S/C27H31NO4/c1-3-31-26(29)20(2)22-10-9-21(23(17-22)18-32-25-7-5-4-6-8-25)11-14-27(30)19-28-15-12-24(27)13-16-28/h4-10,17,20,24,30H,3,12-13,15-16,18-19H2,1-2H3. The van der Waals surface area contributed by atoms with Crippen LogP contribution in [0.4, 0.5) is 0 Å². The predicted octanol–water partition coefficient (Wildman–Crippen LogP) is 3.74. The van der Waals surface area contributed by atoms with Gasteiger partial charge in [0, 0.05) is 23.6 Å². The van der Waals surface area contributed by atoms with E-state index in [0.717, 1.165) is 48.4 Å². The van der Waals surface area contributed by atoms with Crippen molar-refractivity contribution in [2.75, 3.05) is 26.2 Å². The first-order valence-corrected chi connectivity index (χ1v) is 11.4. The van der Waals surface area contributed by atoms with E-state index in [1.807, 2.05) is 62.4 Å². The maximum atomic E-state index is 12.2. The van der Waals surface area contributed by atoms with Gasteiger partial charge in [-0.05, 0) is 63.5 Å². The molecule has 2 unspecified atom stereocenters. The molecule has 0 amide bonds. The number of piperidine rings is 3. The molecule has 1 N–H and O–H groups in total. The highest BCUT2D eigenvalue weighted by atomic mass is 16.5. The molecule has 5 heteroatoms. The van der Waals surface area contributed by atoms with Crippen LogP contribution >= 0.6 is 0 Å². The second-order valence-electron chi connectivity index (χ2n) is 8.72. The molecule has 0 radical (unpaired) electrons. The maximum Gasteiger partial charge on any atom is 0.313 e. The average Bonchev–Trinajstić information content (AvgIpc) is 2.82. The van der Waals surface area contributed by atoms with E-state index in [9.17, 15) is 9.90 Å². The normalized spacial score (nSPS) is 24.8. The van der Waals surface area contributed by atoms with Crippen LogP contribution in [-0.2, 0) is 16.1 Å². The van der Waals surface area contributed by atoms with E-state index >= 15 is 0 Å². The highest BCUT2D eigenvalue weighted by Gasteiger charge is 2.44. The van der Waals surface area contributed by atoms with Gasteiger partial charge in [-0.1, -0.05) is 42.2 Å². The first-order chi connectivity index (χ1) is 15.5. The summed E-state index contributed by atoms with van der Waals surface area (Å²) < 4.78 is 11.2. The van der Waals surface area contributed by atoms with Gasteiger partial charge < -0.3 is 14.6 Å². The Balaban J connectivity index is 1.61. The quantitative estimate of drug-likeness (QED) is 0.556. The van der Waals surface area contributed by atoms with Crippen molar-refractivity contribution < 1.29 is 19.4 Å². The fourth-order valence-corrected chi connectivity index (χ4v) is 4.56. The van der Waals surface area contributed by atoms with E-state index in [1.165, 1.54) is 0 Å². The third kappa shape index (κ3) is 4.98. The van der Waals surface area contributed by atoms with Gasteiger partial charge in [-0.2, -0.15) is 0 Å². The number of esters is 1. The number of rotatable bonds is 6. The Labute approximate surface area is 190 Å². The van der Waals surface area contributed by atoms with Gasteiger partial charge in [0.15, 0.2) is 0 Å². The van der Waals surface area contributed by atoms with Gasteiger partial charge in [-0.25, -0.2) is 0 Å². The molecule has 32 heavy (non-hydrogen) atoms. The van der Waals surface area contributed by atoms with Crippen LogP contribution in [0.25, 0.3) is 0 Å². The topological polar surface area (TPSA) is 59.0 Å². The van der Waals surface area contributed by atoms with Gasteiger partial charge in [0.05, 0.1) is 12.5 Å². The van der Waals surface area contributed by atoms with Crippen molar-refractivity contribution in [1.82, 2.24) is 4.90 Å². The average molecular weight is 434 g/mol. The van der Waals surface area contributed by atoms with Crippen LogP contribution in [0, 0.1) is 17.8 Å². The number of benzene rings is 2. The highest BCUT2D eigenvalue weighted by molar-refractivity contribution is 5.77. The van der Waals surface area contributed by atoms with Crippen LogP contribution < -0.4 is 4.74 Å².